The van der Waals surface area contributed by atoms with Crippen LogP contribution in [0.1, 0.15) is 32.6 Å². The Morgan fingerprint density at radius 2 is 2.24 bits per heavy atom. The monoisotopic (exact) mass is 235 g/mol. The van der Waals surface area contributed by atoms with Crippen molar-refractivity contribution in [1.82, 2.24) is 10.2 Å². The Morgan fingerprint density at radius 1 is 1.53 bits per heavy atom. The van der Waals surface area contributed by atoms with Gasteiger partial charge in [-0.3, -0.25) is 4.79 Å². The average molecular weight is 235 g/mol. The zero-order chi connectivity index (χ0) is 12.3. The first-order chi connectivity index (χ1) is 8.23. The molecular formula is C13H21N3O. The highest BCUT2D eigenvalue weighted by atomic mass is 16.2. The van der Waals surface area contributed by atoms with Crippen LogP contribution in [0.5, 0.6) is 0 Å². The molecule has 2 fully saturated rings. The van der Waals surface area contributed by atoms with Gasteiger partial charge in [0.25, 0.3) is 0 Å². The van der Waals surface area contributed by atoms with Gasteiger partial charge in [0.05, 0.1) is 12.5 Å². The molecule has 0 radical (unpaired) electrons. The highest BCUT2D eigenvalue weighted by Gasteiger charge is 2.58. The molecule has 0 aromatic carbocycles. The molecule has 1 saturated carbocycles. The number of hydrogen-bond donors (Lipinski definition) is 1. The zero-order valence-electron chi connectivity index (χ0n) is 10.5. The first kappa shape index (κ1) is 12.4. The number of nitriles is 1. The van der Waals surface area contributed by atoms with Crippen LogP contribution in [-0.4, -0.2) is 37.0 Å². The standard InChI is InChI=1S/C13H21N3O/c1-2-16(9-3-6-14)12(17)11-10-13(11)4-7-15-8-5-13/h11,15H,2-5,7-10H2,1H3. The summed E-state index contributed by atoms with van der Waals surface area (Å²) in [5.74, 6) is 0.521. The summed E-state index contributed by atoms with van der Waals surface area (Å²) in [6.07, 6.45) is 3.79. The third-order valence-electron chi connectivity index (χ3n) is 4.27. The van der Waals surface area contributed by atoms with E-state index in [0.717, 1.165) is 38.9 Å². The minimum absolute atomic E-state index is 0.239. The van der Waals surface area contributed by atoms with Crippen molar-refractivity contribution < 1.29 is 4.79 Å². The molecule has 0 bridgehead atoms. The predicted octanol–water partition coefficient (Wildman–Crippen LogP) is 1.14. The maximum absolute atomic E-state index is 12.3. The summed E-state index contributed by atoms with van der Waals surface area (Å²) in [5, 5.41) is 11.9. The van der Waals surface area contributed by atoms with Gasteiger partial charge in [0.1, 0.15) is 0 Å². The first-order valence-electron chi connectivity index (χ1n) is 6.60. The molecule has 1 aliphatic heterocycles. The number of nitrogens with one attached hydrogen (secondary N) is 1. The Balaban J connectivity index is 1.90. The molecule has 1 spiro atoms. The molecule has 1 atom stereocenters. The molecule has 1 saturated heterocycles. The van der Waals surface area contributed by atoms with Gasteiger partial charge in [0, 0.05) is 19.0 Å². The van der Waals surface area contributed by atoms with E-state index >= 15 is 0 Å². The van der Waals surface area contributed by atoms with E-state index in [1.807, 2.05) is 11.8 Å². The van der Waals surface area contributed by atoms with Crippen LogP contribution in [0.15, 0.2) is 0 Å². The quantitative estimate of drug-likeness (QED) is 0.795. The zero-order valence-corrected chi connectivity index (χ0v) is 10.5. The van der Waals surface area contributed by atoms with Crippen molar-refractivity contribution in [3.05, 3.63) is 0 Å². The Hall–Kier alpha value is -1.08. The number of nitrogens with zero attached hydrogens (tertiary/aromatic N) is 2. The van der Waals surface area contributed by atoms with E-state index < -0.39 is 0 Å². The lowest BCUT2D eigenvalue weighted by molar-refractivity contribution is -0.133. The summed E-state index contributed by atoms with van der Waals surface area (Å²) in [4.78, 5) is 14.2. The third kappa shape index (κ3) is 2.44. The summed E-state index contributed by atoms with van der Waals surface area (Å²) in [5.41, 5.74) is 0.308. The summed E-state index contributed by atoms with van der Waals surface area (Å²) < 4.78 is 0. The number of hydrogen-bond acceptors (Lipinski definition) is 3. The van der Waals surface area contributed by atoms with Crippen molar-refractivity contribution in [2.75, 3.05) is 26.2 Å². The van der Waals surface area contributed by atoms with Crippen molar-refractivity contribution in [3.8, 4) is 6.07 Å². The van der Waals surface area contributed by atoms with Gasteiger partial charge in [-0.05, 0) is 44.7 Å². The molecular weight excluding hydrogens is 214 g/mol. The van der Waals surface area contributed by atoms with Crippen LogP contribution in [0, 0.1) is 22.7 Å². The second kappa shape index (κ2) is 5.05. The van der Waals surface area contributed by atoms with Gasteiger partial charge in [-0.15, -0.1) is 0 Å². The van der Waals surface area contributed by atoms with Gasteiger partial charge in [0.2, 0.25) is 5.91 Å². The number of amides is 1. The largest absolute Gasteiger partial charge is 0.342 e. The molecule has 0 aromatic heterocycles. The SMILES string of the molecule is CCN(CCC#N)C(=O)C1CC12CCNCC2. The molecule has 1 unspecified atom stereocenters. The van der Waals surface area contributed by atoms with Gasteiger partial charge in [0.15, 0.2) is 0 Å². The summed E-state index contributed by atoms with van der Waals surface area (Å²) >= 11 is 0. The van der Waals surface area contributed by atoms with Crippen molar-refractivity contribution in [1.29, 1.82) is 5.26 Å². The number of rotatable bonds is 4. The van der Waals surface area contributed by atoms with E-state index in [2.05, 4.69) is 11.4 Å². The maximum Gasteiger partial charge on any atom is 0.226 e. The molecule has 2 rings (SSSR count). The smallest absolute Gasteiger partial charge is 0.226 e. The lowest BCUT2D eigenvalue weighted by Crippen LogP contribution is -2.37. The van der Waals surface area contributed by atoms with Gasteiger partial charge in [-0.25, -0.2) is 0 Å². The molecule has 0 aromatic rings. The fraction of sp³-hybridized carbons (Fsp3) is 0.846. The van der Waals surface area contributed by atoms with E-state index in [-0.39, 0.29) is 11.8 Å². The van der Waals surface area contributed by atoms with Crippen molar-refractivity contribution in [3.63, 3.8) is 0 Å². The van der Waals surface area contributed by atoms with Crippen LogP contribution in [0.3, 0.4) is 0 Å². The Bertz CT molecular complexity index is 328. The van der Waals surface area contributed by atoms with Gasteiger partial charge >= 0.3 is 0 Å². The Kier molecular flexibility index (Phi) is 3.68. The van der Waals surface area contributed by atoms with Crippen LogP contribution >= 0.6 is 0 Å². The van der Waals surface area contributed by atoms with Crippen LogP contribution in [0.25, 0.3) is 0 Å². The molecule has 17 heavy (non-hydrogen) atoms. The molecule has 1 N–H and O–H groups in total. The van der Waals surface area contributed by atoms with E-state index in [1.54, 1.807) is 0 Å². The van der Waals surface area contributed by atoms with Crippen LogP contribution < -0.4 is 5.32 Å². The third-order valence-corrected chi connectivity index (χ3v) is 4.27. The molecule has 4 nitrogen and oxygen atoms in total. The minimum Gasteiger partial charge on any atom is -0.342 e. The van der Waals surface area contributed by atoms with Crippen molar-refractivity contribution in [2.24, 2.45) is 11.3 Å². The number of carbonyl (C=O) groups is 1. The summed E-state index contributed by atoms with van der Waals surface area (Å²) in [6, 6.07) is 2.11. The fourth-order valence-electron chi connectivity index (χ4n) is 3.00. The minimum atomic E-state index is 0.239. The molecule has 2 aliphatic rings. The molecule has 94 valence electrons. The summed E-state index contributed by atoms with van der Waals surface area (Å²) in [7, 11) is 0. The molecule has 1 aliphatic carbocycles. The van der Waals surface area contributed by atoms with E-state index in [1.165, 1.54) is 0 Å². The number of piperidine rings is 1. The second-order valence-electron chi connectivity index (χ2n) is 5.20. The molecule has 1 amide bonds. The van der Waals surface area contributed by atoms with Crippen LogP contribution in [-0.2, 0) is 4.79 Å². The highest BCUT2D eigenvalue weighted by molar-refractivity contribution is 5.82. The Morgan fingerprint density at radius 3 is 2.82 bits per heavy atom. The average Bonchev–Trinajstić information content (AvgIpc) is 3.04. The highest BCUT2D eigenvalue weighted by Crippen LogP contribution is 2.59. The van der Waals surface area contributed by atoms with Gasteiger partial charge < -0.3 is 10.2 Å². The van der Waals surface area contributed by atoms with Gasteiger partial charge in [-0.1, -0.05) is 0 Å². The topological polar surface area (TPSA) is 56.1 Å². The first-order valence-corrected chi connectivity index (χ1v) is 6.60. The maximum atomic E-state index is 12.3. The lowest BCUT2D eigenvalue weighted by atomic mass is 9.91. The van der Waals surface area contributed by atoms with Crippen LogP contribution in [0.4, 0.5) is 0 Å². The van der Waals surface area contributed by atoms with E-state index in [0.29, 0.717) is 18.4 Å². The van der Waals surface area contributed by atoms with Crippen molar-refractivity contribution >= 4 is 5.91 Å². The van der Waals surface area contributed by atoms with E-state index in [9.17, 15) is 4.79 Å². The normalized spacial score (nSPS) is 25.3. The fourth-order valence-corrected chi connectivity index (χ4v) is 3.00. The summed E-state index contributed by atoms with van der Waals surface area (Å²) in [6.45, 7) is 5.41. The molecule has 4 heteroatoms. The van der Waals surface area contributed by atoms with E-state index in [4.69, 9.17) is 5.26 Å². The lowest BCUT2D eigenvalue weighted by Gasteiger charge is -2.26. The molecule has 1 heterocycles. The van der Waals surface area contributed by atoms with Gasteiger partial charge in [-0.2, -0.15) is 5.26 Å². The van der Waals surface area contributed by atoms with Crippen molar-refractivity contribution in [2.45, 2.75) is 32.6 Å². The predicted molar refractivity (Wildman–Crippen MR) is 65.1 cm³/mol. The Labute approximate surface area is 103 Å². The van der Waals surface area contributed by atoms with Crippen LogP contribution in [0.2, 0.25) is 0 Å². The number of carbonyl (C=O) groups excluding carboxylic acids is 1. The second-order valence-corrected chi connectivity index (χ2v) is 5.20.